The number of aromatic nitrogens is 2. The van der Waals surface area contributed by atoms with E-state index in [1.54, 1.807) is 6.92 Å². The van der Waals surface area contributed by atoms with Crippen molar-refractivity contribution in [3.63, 3.8) is 0 Å². The van der Waals surface area contributed by atoms with Crippen molar-refractivity contribution >= 4 is 5.97 Å². The van der Waals surface area contributed by atoms with E-state index < -0.39 is 17.9 Å². The molecule has 0 aliphatic carbocycles. The summed E-state index contributed by atoms with van der Waals surface area (Å²) in [5.41, 5.74) is 0.898. The van der Waals surface area contributed by atoms with Crippen molar-refractivity contribution in [2.75, 3.05) is 0 Å². The summed E-state index contributed by atoms with van der Waals surface area (Å²) in [4.78, 5) is 12.0. The van der Waals surface area contributed by atoms with Crippen molar-refractivity contribution in [1.29, 1.82) is 0 Å². The molecule has 0 saturated carbocycles. The molecule has 1 atom stereocenters. The molecule has 0 bridgehead atoms. The second kappa shape index (κ2) is 6.39. The minimum atomic E-state index is -0.740. The van der Waals surface area contributed by atoms with E-state index >= 15 is 0 Å². The summed E-state index contributed by atoms with van der Waals surface area (Å²) in [6.45, 7) is 1.61. The Hall–Kier alpha value is -3.02. The molecule has 116 valence electrons. The van der Waals surface area contributed by atoms with Crippen LogP contribution in [0.1, 0.15) is 29.3 Å². The van der Waals surface area contributed by atoms with Crippen molar-refractivity contribution in [3.05, 3.63) is 71.9 Å². The minimum Gasteiger partial charge on any atom is -0.449 e. The van der Waals surface area contributed by atoms with Crippen molar-refractivity contribution in [2.24, 2.45) is 0 Å². The zero-order valence-corrected chi connectivity index (χ0v) is 12.3. The van der Waals surface area contributed by atoms with Crippen LogP contribution in [0.2, 0.25) is 0 Å². The van der Waals surface area contributed by atoms with Crippen molar-refractivity contribution < 1.29 is 18.3 Å². The van der Waals surface area contributed by atoms with Gasteiger partial charge in [0.25, 0.3) is 5.89 Å². The van der Waals surface area contributed by atoms with E-state index in [1.165, 1.54) is 18.2 Å². The second-order valence-corrected chi connectivity index (χ2v) is 4.87. The van der Waals surface area contributed by atoms with Crippen LogP contribution < -0.4 is 0 Å². The van der Waals surface area contributed by atoms with Gasteiger partial charge in [0.1, 0.15) is 5.82 Å². The zero-order valence-electron chi connectivity index (χ0n) is 12.3. The molecule has 0 spiro atoms. The molecule has 3 aromatic rings. The molecule has 2 aromatic carbocycles. The lowest BCUT2D eigenvalue weighted by Crippen LogP contribution is -2.09. The predicted octanol–water partition coefficient (Wildman–Crippen LogP) is 3.79. The third kappa shape index (κ3) is 3.42. The highest BCUT2D eigenvalue weighted by Crippen LogP contribution is 2.22. The summed E-state index contributed by atoms with van der Waals surface area (Å²) in [6.07, 6.45) is -0.740. The van der Waals surface area contributed by atoms with E-state index in [9.17, 15) is 9.18 Å². The van der Waals surface area contributed by atoms with Crippen LogP contribution in [-0.2, 0) is 4.74 Å². The quantitative estimate of drug-likeness (QED) is 0.686. The van der Waals surface area contributed by atoms with Crippen LogP contribution in [0.15, 0.2) is 59.0 Å². The van der Waals surface area contributed by atoms with E-state index in [0.717, 1.165) is 11.6 Å². The van der Waals surface area contributed by atoms with Gasteiger partial charge in [-0.15, -0.1) is 10.2 Å². The molecule has 0 aliphatic heterocycles. The summed E-state index contributed by atoms with van der Waals surface area (Å²) >= 11 is 0. The summed E-state index contributed by atoms with van der Waals surface area (Å²) in [6, 6.07) is 14.5. The standard InChI is InChI=1S/C17H13FN2O3/c1-11(22-17(21)13-8-5-9-14(18)10-13)15-19-20-16(23-15)12-6-3-2-4-7-12/h2-11H,1H3/t11-/m1/s1. The lowest BCUT2D eigenvalue weighted by Gasteiger charge is -2.09. The van der Waals surface area contributed by atoms with E-state index in [4.69, 9.17) is 9.15 Å². The summed E-state index contributed by atoms with van der Waals surface area (Å²) in [5, 5.41) is 7.82. The largest absolute Gasteiger partial charge is 0.449 e. The second-order valence-electron chi connectivity index (χ2n) is 4.87. The number of halogens is 1. The Balaban J connectivity index is 1.73. The molecule has 23 heavy (non-hydrogen) atoms. The Bertz CT molecular complexity index is 817. The van der Waals surface area contributed by atoms with Gasteiger partial charge in [-0.3, -0.25) is 0 Å². The first-order chi connectivity index (χ1) is 11.1. The number of hydrogen-bond donors (Lipinski definition) is 0. The number of nitrogens with zero attached hydrogens (tertiary/aromatic N) is 2. The first-order valence-corrected chi connectivity index (χ1v) is 6.99. The lowest BCUT2D eigenvalue weighted by molar-refractivity contribution is 0.0279. The zero-order chi connectivity index (χ0) is 16.2. The third-order valence-electron chi connectivity index (χ3n) is 3.15. The van der Waals surface area contributed by atoms with Gasteiger partial charge in [0, 0.05) is 5.56 Å². The molecule has 0 fully saturated rings. The van der Waals surface area contributed by atoms with Gasteiger partial charge in [-0.25, -0.2) is 9.18 Å². The fraction of sp³-hybridized carbons (Fsp3) is 0.118. The molecule has 3 rings (SSSR count). The topological polar surface area (TPSA) is 65.2 Å². The maximum atomic E-state index is 13.1. The summed E-state index contributed by atoms with van der Waals surface area (Å²) < 4.78 is 23.9. The smallest absolute Gasteiger partial charge is 0.339 e. The Morgan fingerprint density at radius 1 is 1.13 bits per heavy atom. The Labute approximate surface area is 131 Å². The highest BCUT2D eigenvalue weighted by molar-refractivity contribution is 5.89. The number of carbonyl (C=O) groups excluding carboxylic acids is 1. The fourth-order valence-corrected chi connectivity index (χ4v) is 1.99. The third-order valence-corrected chi connectivity index (χ3v) is 3.15. The number of carbonyl (C=O) groups is 1. The van der Waals surface area contributed by atoms with E-state index in [1.807, 2.05) is 30.3 Å². The minimum absolute atomic E-state index is 0.125. The summed E-state index contributed by atoms with van der Waals surface area (Å²) in [7, 11) is 0. The SMILES string of the molecule is C[C@@H](OC(=O)c1cccc(F)c1)c1nnc(-c2ccccc2)o1. The van der Waals surface area contributed by atoms with Crippen LogP contribution >= 0.6 is 0 Å². The Kier molecular flexibility index (Phi) is 4.14. The molecule has 0 saturated heterocycles. The van der Waals surface area contributed by atoms with Gasteiger partial charge >= 0.3 is 5.97 Å². The van der Waals surface area contributed by atoms with E-state index in [0.29, 0.717) is 5.89 Å². The molecule has 1 aromatic heterocycles. The first-order valence-electron chi connectivity index (χ1n) is 6.99. The van der Waals surface area contributed by atoms with Crippen LogP contribution in [0.5, 0.6) is 0 Å². The van der Waals surface area contributed by atoms with Gasteiger partial charge in [0.15, 0.2) is 6.10 Å². The molecule has 0 amide bonds. The van der Waals surface area contributed by atoms with Crippen LogP contribution in [0, 0.1) is 5.82 Å². The summed E-state index contributed by atoms with van der Waals surface area (Å²) in [5.74, 6) is -0.643. The first kappa shape index (κ1) is 14.9. The predicted molar refractivity (Wildman–Crippen MR) is 80.0 cm³/mol. The van der Waals surface area contributed by atoms with Crippen LogP contribution in [0.25, 0.3) is 11.5 Å². The van der Waals surface area contributed by atoms with Gasteiger partial charge < -0.3 is 9.15 Å². The molecule has 0 aliphatic rings. The number of ether oxygens (including phenoxy) is 1. The highest BCUT2D eigenvalue weighted by atomic mass is 19.1. The number of esters is 1. The fourth-order valence-electron chi connectivity index (χ4n) is 1.99. The molecule has 5 nitrogen and oxygen atoms in total. The normalized spacial score (nSPS) is 11.9. The van der Waals surface area contributed by atoms with Crippen molar-refractivity contribution in [1.82, 2.24) is 10.2 Å². The van der Waals surface area contributed by atoms with Gasteiger partial charge in [-0.2, -0.15) is 0 Å². The average molecular weight is 312 g/mol. The maximum Gasteiger partial charge on any atom is 0.339 e. The maximum absolute atomic E-state index is 13.1. The number of rotatable bonds is 4. The van der Waals surface area contributed by atoms with Crippen LogP contribution in [0.4, 0.5) is 4.39 Å². The molecular weight excluding hydrogens is 299 g/mol. The molecule has 6 heteroatoms. The van der Waals surface area contributed by atoms with E-state index in [2.05, 4.69) is 10.2 Å². The molecule has 0 unspecified atom stereocenters. The molecule has 0 N–H and O–H groups in total. The Morgan fingerprint density at radius 3 is 2.65 bits per heavy atom. The molecule has 1 heterocycles. The molecule has 0 radical (unpaired) electrons. The van der Waals surface area contributed by atoms with Crippen LogP contribution in [-0.4, -0.2) is 16.2 Å². The van der Waals surface area contributed by atoms with Crippen molar-refractivity contribution in [3.8, 4) is 11.5 Å². The van der Waals surface area contributed by atoms with Gasteiger partial charge in [-0.1, -0.05) is 24.3 Å². The van der Waals surface area contributed by atoms with Gasteiger partial charge in [-0.05, 0) is 37.3 Å². The van der Waals surface area contributed by atoms with Crippen molar-refractivity contribution in [2.45, 2.75) is 13.0 Å². The Morgan fingerprint density at radius 2 is 1.91 bits per heavy atom. The number of hydrogen-bond acceptors (Lipinski definition) is 5. The lowest BCUT2D eigenvalue weighted by atomic mass is 10.2. The van der Waals surface area contributed by atoms with Crippen LogP contribution in [0.3, 0.4) is 0 Å². The monoisotopic (exact) mass is 312 g/mol. The van der Waals surface area contributed by atoms with Gasteiger partial charge in [0.05, 0.1) is 5.56 Å². The van der Waals surface area contributed by atoms with E-state index in [-0.39, 0.29) is 11.5 Å². The number of benzene rings is 2. The highest BCUT2D eigenvalue weighted by Gasteiger charge is 2.20. The van der Waals surface area contributed by atoms with Gasteiger partial charge in [0.2, 0.25) is 5.89 Å². The molecular formula is C17H13FN2O3. The average Bonchev–Trinajstić information content (AvgIpc) is 3.06.